The molecule has 5 nitrogen and oxygen atoms in total. The van der Waals surface area contributed by atoms with Crippen LogP contribution in [-0.4, -0.2) is 56.3 Å². The lowest BCUT2D eigenvalue weighted by molar-refractivity contribution is -0.0823. The Bertz CT molecular complexity index is 643. The maximum atomic E-state index is 6.11. The smallest absolute Gasteiger partial charge is 0.191 e. The summed E-state index contributed by atoms with van der Waals surface area (Å²) < 4.78 is 6.11. The Morgan fingerprint density at radius 3 is 2.93 bits per heavy atom. The zero-order valence-corrected chi connectivity index (χ0v) is 21.6. The lowest BCUT2D eigenvalue weighted by Gasteiger charge is -2.39. The van der Waals surface area contributed by atoms with Crippen molar-refractivity contribution in [3.05, 3.63) is 21.9 Å². The van der Waals surface area contributed by atoms with E-state index in [-0.39, 0.29) is 29.4 Å². The molecule has 3 rings (SSSR count). The average molecular weight is 535 g/mol. The van der Waals surface area contributed by atoms with Gasteiger partial charge in [0.25, 0.3) is 0 Å². The lowest BCUT2D eigenvalue weighted by Crippen LogP contribution is -2.44. The van der Waals surface area contributed by atoms with Crippen molar-refractivity contribution in [1.29, 1.82) is 0 Å². The minimum absolute atomic E-state index is 0. The number of nitrogens with zero attached hydrogens (tertiary/aromatic N) is 2. The Morgan fingerprint density at radius 2 is 2.17 bits per heavy atom. The highest BCUT2D eigenvalue weighted by Gasteiger charge is 2.35. The van der Waals surface area contributed by atoms with Gasteiger partial charge in [0.1, 0.15) is 0 Å². The van der Waals surface area contributed by atoms with Crippen LogP contribution in [0.25, 0.3) is 0 Å². The first-order chi connectivity index (χ1) is 13.5. The SMILES string of the molecule is CCNC(=NCC1CCCOC1C(C)(C)C)NCCN1CCc2sccc2C1.I. The van der Waals surface area contributed by atoms with Gasteiger partial charge in [-0.15, -0.1) is 35.3 Å². The number of ether oxygens (including phenoxy) is 1. The molecule has 29 heavy (non-hydrogen) atoms. The van der Waals surface area contributed by atoms with Crippen LogP contribution in [0.2, 0.25) is 0 Å². The number of hydrogen-bond donors (Lipinski definition) is 2. The van der Waals surface area contributed by atoms with Gasteiger partial charge in [-0.2, -0.15) is 0 Å². The molecule has 1 fully saturated rings. The van der Waals surface area contributed by atoms with Gasteiger partial charge in [0.15, 0.2) is 5.96 Å². The van der Waals surface area contributed by atoms with Gasteiger partial charge in [-0.05, 0) is 48.6 Å². The fourth-order valence-electron chi connectivity index (χ4n) is 4.37. The predicted octanol–water partition coefficient (Wildman–Crippen LogP) is 4.12. The van der Waals surface area contributed by atoms with Crippen molar-refractivity contribution in [3.63, 3.8) is 0 Å². The molecule has 0 spiro atoms. The maximum Gasteiger partial charge on any atom is 0.191 e. The van der Waals surface area contributed by atoms with Crippen LogP contribution in [0.5, 0.6) is 0 Å². The van der Waals surface area contributed by atoms with E-state index in [2.05, 4.69) is 54.7 Å². The van der Waals surface area contributed by atoms with E-state index in [9.17, 15) is 0 Å². The Labute approximate surface area is 198 Å². The van der Waals surface area contributed by atoms with Gasteiger partial charge in [0.05, 0.1) is 6.10 Å². The van der Waals surface area contributed by atoms with Crippen LogP contribution < -0.4 is 10.6 Å². The molecule has 0 aromatic carbocycles. The third kappa shape index (κ3) is 7.36. The molecule has 0 radical (unpaired) electrons. The highest BCUT2D eigenvalue weighted by Crippen LogP contribution is 2.34. The van der Waals surface area contributed by atoms with Crippen molar-refractivity contribution in [3.8, 4) is 0 Å². The van der Waals surface area contributed by atoms with Crippen LogP contribution in [0.4, 0.5) is 0 Å². The number of nitrogens with one attached hydrogen (secondary N) is 2. The molecule has 2 N–H and O–H groups in total. The number of thiophene rings is 1. The van der Waals surface area contributed by atoms with Crippen LogP contribution in [0.1, 0.15) is 51.0 Å². The Hall–Kier alpha value is -0.380. The van der Waals surface area contributed by atoms with Crippen LogP contribution in [0.3, 0.4) is 0 Å². The van der Waals surface area contributed by atoms with Gasteiger partial charge in [-0.1, -0.05) is 20.8 Å². The highest BCUT2D eigenvalue weighted by atomic mass is 127. The van der Waals surface area contributed by atoms with E-state index in [4.69, 9.17) is 9.73 Å². The van der Waals surface area contributed by atoms with E-state index in [0.29, 0.717) is 12.0 Å². The van der Waals surface area contributed by atoms with E-state index >= 15 is 0 Å². The average Bonchev–Trinajstić information content (AvgIpc) is 3.13. The Morgan fingerprint density at radius 1 is 1.34 bits per heavy atom. The molecule has 0 saturated carbocycles. The molecular weight excluding hydrogens is 495 g/mol. The minimum Gasteiger partial charge on any atom is -0.377 e. The van der Waals surface area contributed by atoms with Crippen LogP contribution in [-0.2, 0) is 17.7 Å². The van der Waals surface area contributed by atoms with Crippen molar-refractivity contribution in [2.24, 2.45) is 16.3 Å². The van der Waals surface area contributed by atoms with Crippen molar-refractivity contribution < 1.29 is 4.74 Å². The molecule has 0 bridgehead atoms. The summed E-state index contributed by atoms with van der Waals surface area (Å²) in [5.74, 6) is 1.44. The molecule has 2 atom stereocenters. The van der Waals surface area contributed by atoms with Crippen molar-refractivity contribution >= 4 is 41.3 Å². The second-order valence-electron chi connectivity index (χ2n) is 9.10. The normalized spacial score (nSPS) is 23.2. The lowest BCUT2D eigenvalue weighted by atomic mass is 9.78. The predicted molar refractivity (Wildman–Crippen MR) is 135 cm³/mol. The molecule has 0 aliphatic carbocycles. The first-order valence-corrected chi connectivity index (χ1v) is 11.8. The van der Waals surface area contributed by atoms with Gasteiger partial charge < -0.3 is 15.4 Å². The fraction of sp³-hybridized carbons (Fsp3) is 0.773. The molecule has 166 valence electrons. The monoisotopic (exact) mass is 534 g/mol. The molecule has 1 aromatic heterocycles. The Balaban J connectivity index is 0.00000300. The van der Waals surface area contributed by atoms with Gasteiger partial charge in [0, 0.05) is 56.7 Å². The van der Waals surface area contributed by atoms with Crippen molar-refractivity contribution in [1.82, 2.24) is 15.5 Å². The molecular formula is C22H39IN4OS. The molecule has 1 saturated heterocycles. The number of hydrogen-bond acceptors (Lipinski definition) is 4. The topological polar surface area (TPSA) is 48.9 Å². The summed E-state index contributed by atoms with van der Waals surface area (Å²) in [6, 6.07) is 2.28. The number of rotatable bonds is 6. The van der Waals surface area contributed by atoms with Crippen molar-refractivity contribution in [2.75, 3.05) is 39.3 Å². The number of aliphatic imine (C=N–C) groups is 1. The summed E-state index contributed by atoms with van der Waals surface area (Å²) in [6.07, 6.45) is 3.84. The molecule has 3 heterocycles. The second-order valence-corrected chi connectivity index (χ2v) is 10.1. The van der Waals surface area contributed by atoms with Gasteiger partial charge in [-0.25, -0.2) is 0 Å². The summed E-state index contributed by atoms with van der Waals surface area (Å²) in [5, 5.41) is 9.17. The molecule has 2 unspecified atom stereocenters. The molecule has 0 amide bonds. The highest BCUT2D eigenvalue weighted by molar-refractivity contribution is 14.0. The zero-order valence-electron chi connectivity index (χ0n) is 18.5. The second kappa shape index (κ2) is 11.9. The molecule has 7 heteroatoms. The molecule has 1 aromatic rings. The fourth-order valence-corrected chi connectivity index (χ4v) is 5.26. The van der Waals surface area contributed by atoms with Crippen LogP contribution in [0.15, 0.2) is 16.4 Å². The third-order valence-electron chi connectivity index (χ3n) is 5.73. The van der Waals surface area contributed by atoms with Crippen LogP contribution in [0, 0.1) is 11.3 Å². The third-order valence-corrected chi connectivity index (χ3v) is 6.76. The van der Waals surface area contributed by atoms with E-state index in [0.717, 1.165) is 58.3 Å². The largest absolute Gasteiger partial charge is 0.377 e. The van der Waals surface area contributed by atoms with E-state index in [1.807, 2.05) is 11.3 Å². The van der Waals surface area contributed by atoms with Gasteiger partial charge >= 0.3 is 0 Å². The number of guanidine groups is 1. The summed E-state index contributed by atoms with van der Waals surface area (Å²) in [5.41, 5.74) is 1.68. The standard InChI is InChI=1S/C22H38N4OS.HI/c1-5-23-21(25-15-17-7-6-13-27-20(17)22(2,3)4)24-10-12-26-11-8-19-18(16-26)9-14-28-19;/h9,14,17,20H,5-8,10-13,15-16H2,1-4H3,(H2,23,24,25);1H. The zero-order chi connectivity index (χ0) is 20.0. The summed E-state index contributed by atoms with van der Waals surface area (Å²) in [6.45, 7) is 15.8. The first kappa shape index (κ1) is 24.9. The van der Waals surface area contributed by atoms with Gasteiger partial charge in [0.2, 0.25) is 0 Å². The minimum atomic E-state index is 0. The van der Waals surface area contributed by atoms with Crippen LogP contribution >= 0.6 is 35.3 Å². The maximum absolute atomic E-state index is 6.11. The summed E-state index contributed by atoms with van der Waals surface area (Å²) in [7, 11) is 0. The Kier molecular flexibility index (Phi) is 10.2. The summed E-state index contributed by atoms with van der Waals surface area (Å²) >= 11 is 1.90. The van der Waals surface area contributed by atoms with Crippen molar-refractivity contribution in [2.45, 2.75) is 59.6 Å². The van der Waals surface area contributed by atoms with E-state index in [1.54, 1.807) is 4.88 Å². The van der Waals surface area contributed by atoms with E-state index < -0.39 is 0 Å². The van der Waals surface area contributed by atoms with Gasteiger partial charge in [-0.3, -0.25) is 9.89 Å². The van der Waals surface area contributed by atoms with E-state index in [1.165, 1.54) is 18.4 Å². The first-order valence-electron chi connectivity index (χ1n) is 10.9. The molecule has 2 aliphatic heterocycles. The quantitative estimate of drug-likeness (QED) is 0.328. The number of fused-ring (bicyclic) bond motifs is 1. The number of halogens is 1. The molecule has 2 aliphatic rings. The summed E-state index contributed by atoms with van der Waals surface area (Å²) in [4.78, 5) is 9.02.